The summed E-state index contributed by atoms with van der Waals surface area (Å²) < 4.78 is 6.70. The van der Waals surface area contributed by atoms with Crippen LogP contribution in [0.25, 0.3) is 0 Å². The predicted molar refractivity (Wildman–Crippen MR) is 72.2 cm³/mol. The van der Waals surface area contributed by atoms with Gasteiger partial charge >= 0.3 is 0 Å². The summed E-state index contributed by atoms with van der Waals surface area (Å²) in [5.74, 6) is 0. The van der Waals surface area contributed by atoms with Crippen molar-refractivity contribution in [1.29, 1.82) is 0 Å². The number of likely N-dealkylation sites (N-methyl/N-ethyl adjacent to an activating group) is 1. The van der Waals surface area contributed by atoms with Gasteiger partial charge in [0.25, 0.3) is 0 Å². The van der Waals surface area contributed by atoms with E-state index in [9.17, 15) is 0 Å². The second-order valence-corrected chi connectivity index (χ2v) is 4.72. The van der Waals surface area contributed by atoms with Gasteiger partial charge in [-0.05, 0) is 60.7 Å². The summed E-state index contributed by atoms with van der Waals surface area (Å²) in [6.45, 7) is 3.58. The molecule has 0 bridgehead atoms. The third-order valence-electron chi connectivity index (χ3n) is 2.33. The van der Waals surface area contributed by atoms with Crippen LogP contribution in [0, 0.1) is 3.57 Å². The molecule has 0 saturated carbocycles. The van der Waals surface area contributed by atoms with Crippen LogP contribution in [0.2, 0.25) is 0 Å². The van der Waals surface area contributed by atoms with E-state index in [0.717, 1.165) is 19.6 Å². The van der Waals surface area contributed by atoms with Crippen LogP contribution in [0.1, 0.15) is 12.5 Å². The molecule has 2 nitrogen and oxygen atoms in total. The summed E-state index contributed by atoms with van der Waals surface area (Å²) in [5, 5.41) is 3.27. The number of hydrogen-bond donors (Lipinski definition) is 1. The lowest BCUT2D eigenvalue weighted by molar-refractivity contribution is 0.125. The maximum Gasteiger partial charge on any atom is 0.0622 e. The van der Waals surface area contributed by atoms with Gasteiger partial charge in [0.15, 0.2) is 0 Å². The lowest BCUT2D eigenvalue weighted by Crippen LogP contribution is -2.32. The van der Waals surface area contributed by atoms with Crippen LogP contribution in [0.3, 0.4) is 0 Å². The van der Waals surface area contributed by atoms with Crippen molar-refractivity contribution in [1.82, 2.24) is 5.32 Å². The van der Waals surface area contributed by atoms with Crippen LogP contribution >= 0.6 is 22.6 Å². The molecule has 1 atom stereocenters. The average Bonchev–Trinajstić information content (AvgIpc) is 2.27. The molecule has 84 valence electrons. The van der Waals surface area contributed by atoms with Crippen LogP contribution in [0.4, 0.5) is 0 Å². The fourth-order valence-corrected chi connectivity index (χ4v) is 1.77. The SMILES string of the molecule is CCOCC(Cc1ccc(I)cc1)NC. The molecule has 0 heterocycles. The quantitative estimate of drug-likeness (QED) is 0.814. The van der Waals surface area contributed by atoms with Gasteiger partial charge in [-0.25, -0.2) is 0 Å². The highest BCUT2D eigenvalue weighted by atomic mass is 127. The number of hydrogen-bond acceptors (Lipinski definition) is 2. The van der Waals surface area contributed by atoms with Crippen molar-refractivity contribution in [3.63, 3.8) is 0 Å². The van der Waals surface area contributed by atoms with Crippen molar-refractivity contribution < 1.29 is 4.74 Å². The molecule has 0 spiro atoms. The summed E-state index contributed by atoms with van der Waals surface area (Å²) in [4.78, 5) is 0. The minimum atomic E-state index is 0.407. The third-order valence-corrected chi connectivity index (χ3v) is 3.05. The topological polar surface area (TPSA) is 21.3 Å². The highest BCUT2D eigenvalue weighted by molar-refractivity contribution is 14.1. The molecule has 1 aromatic rings. The van der Waals surface area contributed by atoms with Crippen LogP contribution in [-0.2, 0) is 11.2 Å². The van der Waals surface area contributed by atoms with Crippen molar-refractivity contribution in [2.24, 2.45) is 0 Å². The Morgan fingerprint density at radius 1 is 1.33 bits per heavy atom. The van der Waals surface area contributed by atoms with E-state index in [1.807, 2.05) is 14.0 Å². The van der Waals surface area contributed by atoms with Gasteiger partial charge in [0.05, 0.1) is 6.61 Å². The van der Waals surface area contributed by atoms with Gasteiger partial charge < -0.3 is 10.1 Å². The second-order valence-electron chi connectivity index (χ2n) is 3.48. The molecule has 1 unspecified atom stereocenters. The molecule has 3 heteroatoms. The largest absolute Gasteiger partial charge is 0.380 e. The molecule has 1 aromatic carbocycles. The third kappa shape index (κ3) is 4.95. The fourth-order valence-electron chi connectivity index (χ4n) is 1.41. The zero-order valence-electron chi connectivity index (χ0n) is 9.29. The van der Waals surface area contributed by atoms with E-state index in [0.29, 0.717) is 6.04 Å². The van der Waals surface area contributed by atoms with Gasteiger partial charge in [-0.1, -0.05) is 12.1 Å². The Kier molecular flexibility index (Phi) is 6.20. The van der Waals surface area contributed by atoms with Gasteiger partial charge in [-0.2, -0.15) is 0 Å². The maximum atomic E-state index is 5.42. The van der Waals surface area contributed by atoms with Crippen LogP contribution in [-0.4, -0.2) is 26.3 Å². The van der Waals surface area contributed by atoms with Gasteiger partial charge in [0, 0.05) is 16.2 Å². The molecule has 0 aliphatic rings. The highest BCUT2D eigenvalue weighted by Gasteiger charge is 2.06. The summed E-state index contributed by atoms with van der Waals surface area (Å²) in [5.41, 5.74) is 1.36. The Labute approximate surface area is 106 Å². The van der Waals surface area contributed by atoms with Crippen molar-refractivity contribution in [3.05, 3.63) is 33.4 Å². The van der Waals surface area contributed by atoms with E-state index < -0.39 is 0 Å². The summed E-state index contributed by atoms with van der Waals surface area (Å²) >= 11 is 2.32. The van der Waals surface area contributed by atoms with Gasteiger partial charge in [0.1, 0.15) is 0 Å². The Morgan fingerprint density at radius 3 is 2.53 bits per heavy atom. The molecule has 15 heavy (non-hydrogen) atoms. The molecule has 0 aliphatic heterocycles. The Hall–Kier alpha value is -0.130. The van der Waals surface area contributed by atoms with Crippen molar-refractivity contribution in [2.75, 3.05) is 20.3 Å². The standard InChI is InChI=1S/C12H18INO/c1-3-15-9-12(14-2)8-10-4-6-11(13)7-5-10/h4-7,12,14H,3,8-9H2,1-2H3. The zero-order valence-corrected chi connectivity index (χ0v) is 11.5. The maximum absolute atomic E-state index is 5.42. The van der Waals surface area contributed by atoms with Gasteiger partial charge in [0.2, 0.25) is 0 Å². The normalized spacial score (nSPS) is 12.7. The lowest BCUT2D eigenvalue weighted by atomic mass is 10.1. The van der Waals surface area contributed by atoms with E-state index >= 15 is 0 Å². The zero-order chi connectivity index (χ0) is 11.1. The first kappa shape index (κ1) is 12.9. The first-order chi connectivity index (χ1) is 7.26. The van der Waals surface area contributed by atoms with E-state index in [2.05, 4.69) is 52.2 Å². The average molecular weight is 319 g/mol. The highest BCUT2D eigenvalue weighted by Crippen LogP contribution is 2.08. The summed E-state index contributed by atoms with van der Waals surface area (Å²) in [6.07, 6.45) is 1.02. The Morgan fingerprint density at radius 2 is 2.00 bits per heavy atom. The number of rotatable bonds is 6. The smallest absolute Gasteiger partial charge is 0.0622 e. The molecule has 0 radical (unpaired) electrons. The minimum absolute atomic E-state index is 0.407. The molecular weight excluding hydrogens is 301 g/mol. The molecule has 1 N–H and O–H groups in total. The second kappa shape index (κ2) is 7.19. The van der Waals surface area contributed by atoms with E-state index in [-0.39, 0.29) is 0 Å². The Balaban J connectivity index is 2.47. The molecule has 0 fully saturated rings. The molecule has 0 saturated heterocycles. The number of ether oxygens (including phenoxy) is 1. The monoisotopic (exact) mass is 319 g/mol. The number of nitrogens with one attached hydrogen (secondary N) is 1. The Bertz CT molecular complexity index is 273. The minimum Gasteiger partial charge on any atom is -0.380 e. The molecule has 0 aliphatic carbocycles. The van der Waals surface area contributed by atoms with Gasteiger partial charge in [-0.15, -0.1) is 0 Å². The summed E-state index contributed by atoms with van der Waals surface area (Å²) in [6, 6.07) is 9.05. The first-order valence-electron chi connectivity index (χ1n) is 5.25. The van der Waals surface area contributed by atoms with Crippen LogP contribution < -0.4 is 5.32 Å². The van der Waals surface area contributed by atoms with Gasteiger partial charge in [-0.3, -0.25) is 0 Å². The van der Waals surface area contributed by atoms with Crippen LogP contribution in [0.15, 0.2) is 24.3 Å². The van der Waals surface area contributed by atoms with Crippen LogP contribution in [0.5, 0.6) is 0 Å². The van der Waals surface area contributed by atoms with Crippen molar-refractivity contribution >= 4 is 22.6 Å². The number of benzene rings is 1. The number of halogens is 1. The molecule has 1 rings (SSSR count). The molecule has 0 amide bonds. The molecular formula is C12H18INO. The fraction of sp³-hybridized carbons (Fsp3) is 0.500. The van der Waals surface area contributed by atoms with E-state index in [4.69, 9.17) is 4.74 Å². The van der Waals surface area contributed by atoms with E-state index in [1.54, 1.807) is 0 Å². The summed E-state index contributed by atoms with van der Waals surface area (Å²) in [7, 11) is 1.98. The van der Waals surface area contributed by atoms with E-state index in [1.165, 1.54) is 9.13 Å². The lowest BCUT2D eigenvalue weighted by Gasteiger charge is -2.15. The predicted octanol–water partition coefficient (Wildman–Crippen LogP) is 2.46. The first-order valence-corrected chi connectivity index (χ1v) is 6.33. The van der Waals surface area contributed by atoms with Crippen molar-refractivity contribution in [2.45, 2.75) is 19.4 Å². The van der Waals surface area contributed by atoms with Crippen molar-refractivity contribution in [3.8, 4) is 0 Å². The molecule has 0 aromatic heterocycles.